The van der Waals surface area contributed by atoms with Crippen molar-refractivity contribution in [3.05, 3.63) is 23.7 Å². The van der Waals surface area contributed by atoms with Crippen molar-refractivity contribution < 1.29 is 4.42 Å². The Kier molecular flexibility index (Phi) is 2.38. The molecule has 0 radical (unpaired) electrons. The fourth-order valence-corrected chi connectivity index (χ4v) is 1.85. The second kappa shape index (κ2) is 3.52. The van der Waals surface area contributed by atoms with Crippen molar-refractivity contribution in [1.29, 1.82) is 0 Å². The molecule has 3 heteroatoms. The molecule has 2 atom stereocenters. The minimum Gasteiger partial charge on any atom is -0.465 e. The third-order valence-electron chi connectivity index (χ3n) is 2.62. The molecule has 1 aromatic rings. The van der Waals surface area contributed by atoms with Crippen LogP contribution in [0.3, 0.4) is 0 Å². The molecule has 0 spiro atoms. The average molecular weight is 180 g/mol. The zero-order chi connectivity index (χ0) is 9.26. The van der Waals surface area contributed by atoms with E-state index in [4.69, 9.17) is 10.2 Å². The number of aryl methyl sites for hydroxylation is 1. The molecule has 2 rings (SSSR count). The highest BCUT2D eigenvalue weighted by atomic mass is 16.3. The smallest absolute Gasteiger partial charge is 0.122 e. The first kappa shape index (κ1) is 8.78. The lowest BCUT2D eigenvalue weighted by molar-refractivity contribution is 0.393. The van der Waals surface area contributed by atoms with Gasteiger partial charge in [0.25, 0.3) is 0 Å². The maximum absolute atomic E-state index is 6.06. The van der Waals surface area contributed by atoms with Crippen molar-refractivity contribution in [2.75, 3.05) is 6.54 Å². The monoisotopic (exact) mass is 180 g/mol. The topological polar surface area (TPSA) is 51.2 Å². The minimum atomic E-state index is 0.0104. The van der Waals surface area contributed by atoms with Crippen LogP contribution in [0, 0.1) is 6.92 Å². The van der Waals surface area contributed by atoms with E-state index in [1.165, 1.54) is 6.42 Å². The number of furan rings is 1. The maximum Gasteiger partial charge on any atom is 0.122 e. The van der Waals surface area contributed by atoms with Crippen LogP contribution >= 0.6 is 0 Å². The van der Waals surface area contributed by atoms with E-state index in [0.717, 1.165) is 24.5 Å². The summed E-state index contributed by atoms with van der Waals surface area (Å²) in [5, 5.41) is 3.38. The SMILES string of the molecule is Cc1ccc(C(N)C2CCCN2)o1. The normalized spacial score (nSPS) is 24.9. The van der Waals surface area contributed by atoms with Crippen LogP contribution in [0.2, 0.25) is 0 Å². The molecule has 3 nitrogen and oxygen atoms in total. The molecular formula is C10H16N2O. The first-order chi connectivity index (χ1) is 6.27. The van der Waals surface area contributed by atoms with Gasteiger partial charge in [-0.2, -0.15) is 0 Å². The number of nitrogens with one attached hydrogen (secondary N) is 1. The highest BCUT2D eigenvalue weighted by Crippen LogP contribution is 2.22. The molecule has 2 unspecified atom stereocenters. The van der Waals surface area contributed by atoms with Crippen molar-refractivity contribution in [1.82, 2.24) is 5.32 Å². The molecule has 0 aromatic carbocycles. The molecule has 1 aromatic heterocycles. The van der Waals surface area contributed by atoms with E-state index in [0.29, 0.717) is 6.04 Å². The summed E-state index contributed by atoms with van der Waals surface area (Å²) in [4.78, 5) is 0. The van der Waals surface area contributed by atoms with Crippen molar-refractivity contribution in [3.8, 4) is 0 Å². The lowest BCUT2D eigenvalue weighted by Crippen LogP contribution is -2.33. The molecule has 1 fully saturated rings. The van der Waals surface area contributed by atoms with E-state index in [9.17, 15) is 0 Å². The third kappa shape index (κ3) is 1.76. The first-order valence-electron chi connectivity index (χ1n) is 4.82. The fraction of sp³-hybridized carbons (Fsp3) is 0.600. The summed E-state index contributed by atoms with van der Waals surface area (Å²) in [7, 11) is 0. The van der Waals surface area contributed by atoms with Crippen molar-refractivity contribution in [3.63, 3.8) is 0 Å². The van der Waals surface area contributed by atoms with E-state index >= 15 is 0 Å². The molecule has 1 aliphatic heterocycles. The molecule has 1 aliphatic rings. The lowest BCUT2D eigenvalue weighted by Gasteiger charge is -2.16. The summed E-state index contributed by atoms with van der Waals surface area (Å²) in [6.07, 6.45) is 2.37. The van der Waals surface area contributed by atoms with Gasteiger partial charge in [0.05, 0.1) is 6.04 Å². The van der Waals surface area contributed by atoms with Crippen molar-refractivity contribution in [2.24, 2.45) is 5.73 Å². The van der Waals surface area contributed by atoms with Crippen LogP contribution in [0.1, 0.15) is 30.4 Å². The van der Waals surface area contributed by atoms with Gasteiger partial charge in [-0.1, -0.05) is 0 Å². The standard InChI is InChI=1S/C10H16N2O/c1-7-4-5-9(13-7)10(11)8-3-2-6-12-8/h4-5,8,10,12H,2-3,6,11H2,1H3. The second-order valence-electron chi connectivity index (χ2n) is 3.68. The van der Waals surface area contributed by atoms with Crippen molar-refractivity contribution in [2.45, 2.75) is 31.8 Å². The van der Waals surface area contributed by atoms with Crippen LogP contribution in [0.4, 0.5) is 0 Å². The predicted molar refractivity (Wildman–Crippen MR) is 51.4 cm³/mol. The number of hydrogen-bond acceptors (Lipinski definition) is 3. The van der Waals surface area contributed by atoms with Crippen LogP contribution in [0.5, 0.6) is 0 Å². The van der Waals surface area contributed by atoms with Gasteiger partial charge in [-0.15, -0.1) is 0 Å². The Morgan fingerprint density at radius 1 is 1.62 bits per heavy atom. The summed E-state index contributed by atoms with van der Waals surface area (Å²) >= 11 is 0. The minimum absolute atomic E-state index is 0.0104. The van der Waals surface area contributed by atoms with E-state index in [1.54, 1.807) is 0 Å². The van der Waals surface area contributed by atoms with Gasteiger partial charge >= 0.3 is 0 Å². The summed E-state index contributed by atoms with van der Waals surface area (Å²) in [5.41, 5.74) is 6.06. The van der Waals surface area contributed by atoms with Gasteiger partial charge in [0.1, 0.15) is 11.5 Å². The highest BCUT2D eigenvalue weighted by molar-refractivity contribution is 5.11. The molecule has 0 amide bonds. The summed E-state index contributed by atoms with van der Waals surface area (Å²) < 4.78 is 5.49. The molecule has 0 saturated carbocycles. The van der Waals surface area contributed by atoms with Gasteiger partial charge in [0.15, 0.2) is 0 Å². The Labute approximate surface area is 78.3 Å². The lowest BCUT2D eigenvalue weighted by atomic mass is 10.1. The van der Waals surface area contributed by atoms with Gasteiger partial charge in [-0.3, -0.25) is 0 Å². The van der Waals surface area contributed by atoms with Gasteiger partial charge < -0.3 is 15.5 Å². The summed E-state index contributed by atoms with van der Waals surface area (Å²) in [5.74, 6) is 1.83. The Balaban J connectivity index is 2.07. The van der Waals surface area contributed by atoms with Crippen LogP contribution in [0.15, 0.2) is 16.5 Å². The summed E-state index contributed by atoms with van der Waals surface area (Å²) in [6, 6.07) is 4.34. The molecule has 13 heavy (non-hydrogen) atoms. The van der Waals surface area contributed by atoms with E-state index in [2.05, 4.69) is 5.32 Å². The second-order valence-corrected chi connectivity index (χ2v) is 3.68. The van der Waals surface area contributed by atoms with Gasteiger partial charge in [-0.05, 0) is 38.4 Å². The first-order valence-corrected chi connectivity index (χ1v) is 4.82. The largest absolute Gasteiger partial charge is 0.465 e. The zero-order valence-electron chi connectivity index (χ0n) is 7.92. The Morgan fingerprint density at radius 2 is 2.46 bits per heavy atom. The highest BCUT2D eigenvalue weighted by Gasteiger charge is 2.24. The molecule has 0 aliphatic carbocycles. The molecular weight excluding hydrogens is 164 g/mol. The molecule has 72 valence electrons. The number of rotatable bonds is 2. The van der Waals surface area contributed by atoms with Crippen LogP contribution in [-0.2, 0) is 0 Å². The number of nitrogens with two attached hydrogens (primary N) is 1. The molecule has 0 bridgehead atoms. The number of hydrogen-bond donors (Lipinski definition) is 2. The van der Waals surface area contributed by atoms with E-state index in [-0.39, 0.29) is 6.04 Å². The van der Waals surface area contributed by atoms with Gasteiger partial charge in [0.2, 0.25) is 0 Å². The van der Waals surface area contributed by atoms with E-state index < -0.39 is 0 Å². The third-order valence-corrected chi connectivity index (χ3v) is 2.62. The average Bonchev–Trinajstić information content (AvgIpc) is 2.72. The molecule has 3 N–H and O–H groups in total. The van der Waals surface area contributed by atoms with Crippen LogP contribution < -0.4 is 11.1 Å². The van der Waals surface area contributed by atoms with Crippen molar-refractivity contribution >= 4 is 0 Å². The Hall–Kier alpha value is -0.800. The Bertz CT molecular complexity index is 276. The van der Waals surface area contributed by atoms with Crippen LogP contribution in [-0.4, -0.2) is 12.6 Å². The summed E-state index contributed by atoms with van der Waals surface area (Å²) in [6.45, 7) is 3.02. The van der Waals surface area contributed by atoms with Gasteiger partial charge in [0, 0.05) is 6.04 Å². The fourth-order valence-electron chi connectivity index (χ4n) is 1.85. The van der Waals surface area contributed by atoms with Gasteiger partial charge in [-0.25, -0.2) is 0 Å². The predicted octanol–water partition coefficient (Wildman–Crippen LogP) is 1.34. The molecule has 1 saturated heterocycles. The zero-order valence-corrected chi connectivity index (χ0v) is 7.92. The molecule has 2 heterocycles. The Morgan fingerprint density at radius 3 is 3.00 bits per heavy atom. The van der Waals surface area contributed by atoms with E-state index in [1.807, 2.05) is 19.1 Å². The maximum atomic E-state index is 6.06. The van der Waals surface area contributed by atoms with Crippen LogP contribution in [0.25, 0.3) is 0 Å². The quantitative estimate of drug-likeness (QED) is 0.722.